The van der Waals surface area contributed by atoms with E-state index in [-0.39, 0.29) is 11.6 Å². The first-order valence-electron chi connectivity index (χ1n) is 6.67. The molecule has 98 valence electrons. The molecule has 1 rings (SSSR count). The SMILES string of the molecule is C=CC(=O)O[C@]1(C)CCC(C(C)C)C1C(C)C. The lowest BCUT2D eigenvalue weighted by atomic mass is 9.74. The van der Waals surface area contributed by atoms with Crippen LogP contribution in [0.1, 0.15) is 47.5 Å². The van der Waals surface area contributed by atoms with Gasteiger partial charge in [-0.25, -0.2) is 4.79 Å². The fourth-order valence-electron chi connectivity index (χ4n) is 3.59. The lowest BCUT2D eigenvalue weighted by molar-refractivity contribution is -0.158. The first-order valence-corrected chi connectivity index (χ1v) is 6.67. The summed E-state index contributed by atoms with van der Waals surface area (Å²) in [4.78, 5) is 11.5. The third kappa shape index (κ3) is 2.91. The number of rotatable bonds is 4. The normalized spacial score (nSPS) is 33.1. The van der Waals surface area contributed by atoms with E-state index in [4.69, 9.17) is 4.74 Å². The molecule has 1 aliphatic carbocycles. The zero-order valence-corrected chi connectivity index (χ0v) is 11.8. The van der Waals surface area contributed by atoms with Crippen molar-refractivity contribution < 1.29 is 9.53 Å². The van der Waals surface area contributed by atoms with Crippen molar-refractivity contribution in [3.8, 4) is 0 Å². The van der Waals surface area contributed by atoms with Crippen molar-refractivity contribution in [2.24, 2.45) is 23.7 Å². The molecule has 0 saturated heterocycles. The quantitative estimate of drug-likeness (QED) is 0.550. The summed E-state index contributed by atoms with van der Waals surface area (Å²) in [6, 6.07) is 0. The van der Waals surface area contributed by atoms with Gasteiger partial charge in [-0.2, -0.15) is 0 Å². The fraction of sp³-hybridized carbons (Fsp3) is 0.800. The van der Waals surface area contributed by atoms with E-state index in [1.54, 1.807) is 0 Å². The van der Waals surface area contributed by atoms with E-state index in [0.717, 1.165) is 12.8 Å². The minimum absolute atomic E-state index is 0.289. The molecule has 0 heterocycles. The Labute approximate surface area is 105 Å². The van der Waals surface area contributed by atoms with Crippen LogP contribution in [0.2, 0.25) is 0 Å². The molecular weight excluding hydrogens is 212 g/mol. The minimum Gasteiger partial charge on any atom is -0.456 e. The number of esters is 1. The molecule has 0 amide bonds. The Morgan fingerprint density at radius 3 is 2.35 bits per heavy atom. The molecule has 1 fully saturated rings. The summed E-state index contributed by atoms with van der Waals surface area (Å²) in [5, 5.41) is 0. The fourth-order valence-corrected chi connectivity index (χ4v) is 3.59. The number of carbonyl (C=O) groups excluding carboxylic acids is 1. The average molecular weight is 238 g/mol. The molecule has 17 heavy (non-hydrogen) atoms. The predicted molar refractivity (Wildman–Crippen MR) is 70.6 cm³/mol. The molecule has 0 spiro atoms. The first kappa shape index (κ1) is 14.3. The summed E-state index contributed by atoms with van der Waals surface area (Å²) in [5.74, 6) is 1.99. The van der Waals surface area contributed by atoms with Gasteiger partial charge in [0.05, 0.1) is 0 Å². The van der Waals surface area contributed by atoms with Gasteiger partial charge in [0.15, 0.2) is 0 Å². The Hall–Kier alpha value is -0.790. The lowest BCUT2D eigenvalue weighted by Gasteiger charge is -2.37. The van der Waals surface area contributed by atoms with E-state index in [2.05, 4.69) is 41.2 Å². The molecule has 0 aliphatic heterocycles. The van der Waals surface area contributed by atoms with Crippen LogP contribution in [-0.4, -0.2) is 11.6 Å². The number of ether oxygens (including phenoxy) is 1. The molecule has 0 aromatic rings. The second-order valence-corrected chi connectivity index (χ2v) is 6.15. The Kier molecular flexibility index (Phi) is 4.40. The van der Waals surface area contributed by atoms with Gasteiger partial charge >= 0.3 is 5.97 Å². The smallest absolute Gasteiger partial charge is 0.330 e. The molecule has 1 aliphatic rings. The van der Waals surface area contributed by atoms with Gasteiger partial charge in [0.2, 0.25) is 0 Å². The molecular formula is C15H26O2. The third-order valence-electron chi connectivity index (χ3n) is 4.22. The van der Waals surface area contributed by atoms with Gasteiger partial charge in [-0.3, -0.25) is 0 Å². The van der Waals surface area contributed by atoms with Crippen molar-refractivity contribution in [2.45, 2.75) is 53.1 Å². The molecule has 3 atom stereocenters. The average Bonchev–Trinajstić information content (AvgIpc) is 2.55. The Bertz CT molecular complexity index is 293. The third-order valence-corrected chi connectivity index (χ3v) is 4.22. The number of carbonyl (C=O) groups is 1. The molecule has 0 aromatic carbocycles. The number of hydrogen-bond acceptors (Lipinski definition) is 2. The zero-order valence-electron chi connectivity index (χ0n) is 11.8. The standard InChI is InChI=1S/C15H26O2/c1-7-13(16)17-15(6)9-8-12(10(2)3)14(15)11(4)5/h7,10-12,14H,1,8-9H2,2-6H3/t12?,14?,15-/m1/s1. The molecule has 2 nitrogen and oxygen atoms in total. The van der Waals surface area contributed by atoms with Gasteiger partial charge in [-0.1, -0.05) is 34.3 Å². The summed E-state index contributed by atoms with van der Waals surface area (Å²) in [6.07, 6.45) is 3.39. The molecule has 0 aromatic heterocycles. The summed E-state index contributed by atoms with van der Waals surface area (Å²) >= 11 is 0. The second kappa shape index (κ2) is 5.24. The Morgan fingerprint density at radius 1 is 1.35 bits per heavy atom. The van der Waals surface area contributed by atoms with E-state index in [1.165, 1.54) is 6.08 Å². The van der Waals surface area contributed by atoms with Gasteiger partial charge < -0.3 is 4.74 Å². The second-order valence-electron chi connectivity index (χ2n) is 6.15. The highest BCUT2D eigenvalue weighted by Crippen LogP contribution is 2.49. The largest absolute Gasteiger partial charge is 0.456 e. The van der Waals surface area contributed by atoms with Crippen LogP contribution in [0.3, 0.4) is 0 Å². The van der Waals surface area contributed by atoms with Crippen LogP contribution in [-0.2, 0) is 9.53 Å². The monoisotopic (exact) mass is 238 g/mol. The van der Waals surface area contributed by atoms with E-state index < -0.39 is 0 Å². The van der Waals surface area contributed by atoms with E-state index in [9.17, 15) is 4.79 Å². The maximum Gasteiger partial charge on any atom is 0.330 e. The van der Waals surface area contributed by atoms with Crippen LogP contribution in [0.5, 0.6) is 0 Å². The van der Waals surface area contributed by atoms with E-state index >= 15 is 0 Å². The van der Waals surface area contributed by atoms with Crippen LogP contribution < -0.4 is 0 Å². The van der Waals surface area contributed by atoms with Crippen molar-refractivity contribution in [1.29, 1.82) is 0 Å². The van der Waals surface area contributed by atoms with Crippen molar-refractivity contribution in [1.82, 2.24) is 0 Å². The highest BCUT2D eigenvalue weighted by molar-refractivity contribution is 5.81. The molecule has 2 heteroatoms. The molecule has 0 N–H and O–H groups in total. The van der Waals surface area contributed by atoms with E-state index in [0.29, 0.717) is 23.7 Å². The topological polar surface area (TPSA) is 26.3 Å². The lowest BCUT2D eigenvalue weighted by Crippen LogP contribution is -2.40. The highest BCUT2D eigenvalue weighted by atomic mass is 16.6. The molecule has 0 bridgehead atoms. The van der Waals surface area contributed by atoms with Gasteiger partial charge in [-0.15, -0.1) is 0 Å². The van der Waals surface area contributed by atoms with Crippen molar-refractivity contribution in [2.75, 3.05) is 0 Å². The van der Waals surface area contributed by atoms with Crippen molar-refractivity contribution >= 4 is 5.97 Å². The summed E-state index contributed by atoms with van der Waals surface area (Å²) in [7, 11) is 0. The van der Waals surface area contributed by atoms with Crippen LogP contribution in [0.15, 0.2) is 12.7 Å². The van der Waals surface area contributed by atoms with Crippen molar-refractivity contribution in [3.63, 3.8) is 0 Å². The Morgan fingerprint density at radius 2 is 1.94 bits per heavy atom. The first-order chi connectivity index (χ1) is 7.81. The molecule has 0 radical (unpaired) electrons. The van der Waals surface area contributed by atoms with Gasteiger partial charge in [-0.05, 0) is 37.5 Å². The van der Waals surface area contributed by atoms with Gasteiger partial charge in [0, 0.05) is 12.0 Å². The van der Waals surface area contributed by atoms with Gasteiger partial charge in [0.1, 0.15) is 5.60 Å². The Balaban J connectivity index is 2.91. The van der Waals surface area contributed by atoms with Gasteiger partial charge in [0.25, 0.3) is 0 Å². The molecule has 2 unspecified atom stereocenters. The maximum atomic E-state index is 11.5. The van der Waals surface area contributed by atoms with Crippen LogP contribution >= 0.6 is 0 Å². The van der Waals surface area contributed by atoms with Crippen LogP contribution in [0, 0.1) is 23.7 Å². The summed E-state index contributed by atoms with van der Waals surface area (Å²) in [5.41, 5.74) is -0.311. The highest BCUT2D eigenvalue weighted by Gasteiger charge is 2.49. The summed E-state index contributed by atoms with van der Waals surface area (Å²) < 4.78 is 5.65. The summed E-state index contributed by atoms with van der Waals surface area (Å²) in [6.45, 7) is 14.6. The minimum atomic E-state index is -0.311. The van der Waals surface area contributed by atoms with Crippen molar-refractivity contribution in [3.05, 3.63) is 12.7 Å². The van der Waals surface area contributed by atoms with Crippen LogP contribution in [0.25, 0.3) is 0 Å². The predicted octanol–water partition coefficient (Wildman–Crippen LogP) is 3.81. The number of hydrogen-bond donors (Lipinski definition) is 0. The maximum absolute atomic E-state index is 11.5. The molecule has 1 saturated carbocycles. The van der Waals surface area contributed by atoms with Crippen LogP contribution in [0.4, 0.5) is 0 Å². The zero-order chi connectivity index (χ0) is 13.2. The van der Waals surface area contributed by atoms with E-state index in [1.807, 2.05) is 0 Å².